The van der Waals surface area contributed by atoms with Crippen molar-refractivity contribution in [2.45, 2.75) is 24.3 Å². The summed E-state index contributed by atoms with van der Waals surface area (Å²) in [4.78, 5) is 1.11. The number of hydrogen-bond acceptors (Lipinski definition) is 3. The molecule has 0 aromatic heterocycles. The molecule has 100 valence electrons. The van der Waals surface area contributed by atoms with E-state index < -0.39 is 6.10 Å². The summed E-state index contributed by atoms with van der Waals surface area (Å²) in [6.07, 6.45) is 2.35. The van der Waals surface area contributed by atoms with Gasteiger partial charge in [-0.2, -0.15) is 0 Å². The van der Waals surface area contributed by atoms with Gasteiger partial charge in [0.05, 0.1) is 6.10 Å². The number of aliphatic hydroxyl groups is 1. The van der Waals surface area contributed by atoms with Crippen molar-refractivity contribution in [1.29, 1.82) is 0 Å². The predicted octanol–water partition coefficient (Wildman–Crippen LogP) is 4.64. The zero-order valence-electron chi connectivity index (χ0n) is 11.2. The first-order valence-corrected chi connectivity index (χ1v) is 7.56. The molecule has 0 aliphatic rings. The highest BCUT2D eigenvalue weighted by Gasteiger charge is 2.06. The molecule has 0 bridgehead atoms. The van der Waals surface area contributed by atoms with E-state index in [-0.39, 0.29) is 0 Å². The van der Waals surface area contributed by atoms with Gasteiger partial charge in [0.15, 0.2) is 0 Å². The van der Waals surface area contributed by atoms with Crippen LogP contribution in [0.4, 0.5) is 0 Å². The Morgan fingerprint density at radius 2 is 1.79 bits per heavy atom. The van der Waals surface area contributed by atoms with Crippen LogP contribution in [0.1, 0.15) is 25.0 Å². The van der Waals surface area contributed by atoms with Crippen LogP contribution in [-0.4, -0.2) is 11.4 Å². The second kappa shape index (κ2) is 6.64. The van der Waals surface area contributed by atoms with Gasteiger partial charge in [-0.15, -0.1) is 11.8 Å². The lowest BCUT2D eigenvalue weighted by atomic mass is 10.1. The van der Waals surface area contributed by atoms with Gasteiger partial charge in [0.2, 0.25) is 0 Å². The molecule has 0 heterocycles. The minimum Gasteiger partial charge on any atom is -0.456 e. The largest absolute Gasteiger partial charge is 0.456 e. The van der Waals surface area contributed by atoms with Crippen LogP contribution in [0.25, 0.3) is 0 Å². The second-order valence-electron chi connectivity index (χ2n) is 4.25. The summed E-state index contributed by atoms with van der Waals surface area (Å²) in [5.74, 6) is 1.65. The normalized spacial score (nSPS) is 12.2. The molecule has 2 rings (SSSR count). The quantitative estimate of drug-likeness (QED) is 0.805. The molecule has 2 nitrogen and oxygen atoms in total. The van der Waals surface area contributed by atoms with Crippen LogP contribution in [0.5, 0.6) is 11.5 Å². The molecule has 2 aromatic rings. The fourth-order valence-corrected chi connectivity index (χ4v) is 2.35. The molecule has 1 atom stereocenters. The average molecular weight is 274 g/mol. The maximum atomic E-state index is 9.75. The van der Waals surface area contributed by atoms with E-state index in [1.807, 2.05) is 61.7 Å². The number of benzene rings is 2. The first-order chi connectivity index (χ1) is 9.24. The van der Waals surface area contributed by atoms with Gasteiger partial charge < -0.3 is 9.84 Å². The number of para-hydroxylation sites is 1. The van der Waals surface area contributed by atoms with Crippen molar-refractivity contribution in [3.8, 4) is 11.5 Å². The molecule has 0 unspecified atom stereocenters. The van der Waals surface area contributed by atoms with E-state index in [0.717, 1.165) is 28.4 Å². The van der Waals surface area contributed by atoms with Gasteiger partial charge in [0.1, 0.15) is 11.5 Å². The lowest BCUT2D eigenvalue weighted by molar-refractivity contribution is 0.173. The average Bonchev–Trinajstić information content (AvgIpc) is 2.48. The van der Waals surface area contributed by atoms with Crippen molar-refractivity contribution in [1.82, 2.24) is 0 Å². The second-order valence-corrected chi connectivity index (χ2v) is 5.09. The van der Waals surface area contributed by atoms with E-state index in [4.69, 9.17) is 4.74 Å². The Balaban J connectivity index is 2.15. The van der Waals surface area contributed by atoms with Crippen molar-refractivity contribution >= 4 is 11.8 Å². The Morgan fingerprint density at radius 3 is 2.42 bits per heavy atom. The third kappa shape index (κ3) is 3.52. The third-order valence-electron chi connectivity index (χ3n) is 2.95. The van der Waals surface area contributed by atoms with Crippen LogP contribution in [0.3, 0.4) is 0 Å². The van der Waals surface area contributed by atoms with Gasteiger partial charge in [-0.1, -0.05) is 31.2 Å². The van der Waals surface area contributed by atoms with Gasteiger partial charge in [-0.25, -0.2) is 0 Å². The standard InChI is InChI=1S/C16H18O2S/c1-3-14(17)12-8-10-13(11-9-12)18-15-6-4-5-7-16(15)19-2/h4-11,14,17H,3H2,1-2H3/t14-/m1/s1. The predicted molar refractivity (Wildman–Crippen MR) is 80.0 cm³/mol. The van der Waals surface area contributed by atoms with Gasteiger partial charge in [-0.05, 0) is 42.5 Å². The highest BCUT2D eigenvalue weighted by atomic mass is 32.2. The Labute approximate surface area is 118 Å². The number of thioether (sulfide) groups is 1. The number of ether oxygens (including phenoxy) is 1. The molecule has 3 heteroatoms. The van der Waals surface area contributed by atoms with Gasteiger partial charge in [0.25, 0.3) is 0 Å². The molecule has 0 amide bonds. The maximum Gasteiger partial charge on any atom is 0.140 e. The summed E-state index contributed by atoms with van der Waals surface area (Å²) in [6.45, 7) is 1.96. The van der Waals surface area contributed by atoms with Gasteiger partial charge in [-0.3, -0.25) is 0 Å². The number of hydrogen-bond donors (Lipinski definition) is 1. The molecule has 2 aromatic carbocycles. The molecular formula is C16H18O2S. The molecule has 0 fully saturated rings. The monoisotopic (exact) mass is 274 g/mol. The molecule has 0 aliphatic carbocycles. The molecule has 0 spiro atoms. The van der Waals surface area contributed by atoms with Gasteiger partial charge in [0, 0.05) is 4.90 Å². The summed E-state index contributed by atoms with van der Waals surface area (Å²) in [7, 11) is 0. The lowest BCUT2D eigenvalue weighted by Gasteiger charge is -2.11. The highest BCUT2D eigenvalue weighted by molar-refractivity contribution is 7.98. The molecular weight excluding hydrogens is 256 g/mol. The highest BCUT2D eigenvalue weighted by Crippen LogP contribution is 2.31. The van der Waals surface area contributed by atoms with E-state index in [1.54, 1.807) is 11.8 Å². The van der Waals surface area contributed by atoms with E-state index >= 15 is 0 Å². The van der Waals surface area contributed by atoms with Gasteiger partial charge >= 0.3 is 0 Å². The van der Waals surface area contributed by atoms with E-state index in [1.165, 1.54) is 0 Å². The third-order valence-corrected chi connectivity index (χ3v) is 3.73. The van der Waals surface area contributed by atoms with Crippen molar-refractivity contribution in [2.24, 2.45) is 0 Å². The minimum absolute atomic E-state index is 0.396. The summed E-state index contributed by atoms with van der Waals surface area (Å²) in [5.41, 5.74) is 0.924. The van der Waals surface area contributed by atoms with Crippen molar-refractivity contribution in [2.75, 3.05) is 6.26 Å². The molecule has 0 saturated heterocycles. The summed E-state index contributed by atoms with van der Waals surface area (Å²) in [5, 5.41) is 9.75. The van der Waals surface area contributed by atoms with E-state index in [2.05, 4.69) is 0 Å². The summed E-state index contributed by atoms with van der Waals surface area (Å²) in [6, 6.07) is 15.6. The van der Waals surface area contributed by atoms with Crippen LogP contribution in [0, 0.1) is 0 Å². The lowest BCUT2D eigenvalue weighted by Crippen LogP contribution is -1.94. The molecule has 0 saturated carbocycles. The van der Waals surface area contributed by atoms with Crippen LogP contribution in [0.2, 0.25) is 0 Å². The first-order valence-electron chi connectivity index (χ1n) is 6.33. The van der Waals surface area contributed by atoms with Crippen molar-refractivity contribution in [3.63, 3.8) is 0 Å². The summed E-state index contributed by atoms with van der Waals surface area (Å²) < 4.78 is 5.87. The smallest absolute Gasteiger partial charge is 0.140 e. The zero-order valence-corrected chi connectivity index (χ0v) is 12.0. The van der Waals surface area contributed by atoms with Crippen LogP contribution < -0.4 is 4.74 Å². The topological polar surface area (TPSA) is 29.5 Å². The van der Waals surface area contributed by atoms with E-state index in [9.17, 15) is 5.11 Å². The fraction of sp³-hybridized carbons (Fsp3) is 0.250. The molecule has 1 N–H and O–H groups in total. The fourth-order valence-electron chi connectivity index (χ4n) is 1.82. The SMILES string of the molecule is CC[C@@H](O)c1ccc(Oc2ccccc2SC)cc1. The van der Waals surface area contributed by atoms with Crippen LogP contribution in [0.15, 0.2) is 53.4 Å². The Bertz CT molecular complexity index is 523. The Morgan fingerprint density at radius 1 is 1.11 bits per heavy atom. The first kappa shape index (κ1) is 14.0. The van der Waals surface area contributed by atoms with E-state index in [0.29, 0.717) is 0 Å². The summed E-state index contributed by atoms with van der Waals surface area (Å²) >= 11 is 1.66. The van der Waals surface area contributed by atoms with Crippen LogP contribution in [-0.2, 0) is 0 Å². The number of aliphatic hydroxyl groups excluding tert-OH is 1. The molecule has 0 radical (unpaired) electrons. The minimum atomic E-state index is -0.396. The van der Waals surface area contributed by atoms with Crippen molar-refractivity contribution < 1.29 is 9.84 Å². The Kier molecular flexibility index (Phi) is 4.88. The maximum absolute atomic E-state index is 9.75. The molecule has 19 heavy (non-hydrogen) atoms. The Hall–Kier alpha value is -1.45. The molecule has 0 aliphatic heterocycles. The van der Waals surface area contributed by atoms with Crippen molar-refractivity contribution in [3.05, 3.63) is 54.1 Å². The number of rotatable bonds is 5. The zero-order chi connectivity index (χ0) is 13.7. The van der Waals surface area contributed by atoms with Crippen LogP contribution >= 0.6 is 11.8 Å².